The molecule has 7 heteroatoms. The van der Waals surface area contributed by atoms with Crippen molar-refractivity contribution < 1.29 is 14.3 Å². The average Bonchev–Trinajstić information content (AvgIpc) is 2.40. The van der Waals surface area contributed by atoms with Gasteiger partial charge in [0, 0.05) is 18.2 Å². The third-order valence-electron chi connectivity index (χ3n) is 2.63. The Bertz CT molecular complexity index is 820. The third-order valence-corrected chi connectivity index (χ3v) is 2.63. The van der Waals surface area contributed by atoms with Crippen LogP contribution >= 0.6 is 0 Å². The number of rotatable bonds is 4. The minimum Gasteiger partial charge on any atom is -0.478 e. The number of nitrogens with one attached hydrogen (secondary N) is 1. The maximum Gasteiger partial charge on any atom is 0.328 e. The van der Waals surface area contributed by atoms with Gasteiger partial charge in [-0.2, -0.15) is 0 Å². The topological polar surface area (TPSA) is 92.2 Å². The Morgan fingerprint density at radius 2 is 2.05 bits per heavy atom. The van der Waals surface area contributed by atoms with Crippen LogP contribution in [0.2, 0.25) is 0 Å². The molecule has 0 saturated carbocycles. The second-order valence-electron chi connectivity index (χ2n) is 4.30. The molecule has 0 fully saturated rings. The molecule has 0 atom stereocenters. The van der Waals surface area contributed by atoms with Gasteiger partial charge >= 0.3 is 5.97 Å². The predicted molar refractivity (Wildman–Crippen MR) is 73.5 cm³/mol. The molecule has 21 heavy (non-hydrogen) atoms. The molecule has 2 N–H and O–H groups in total. The molecule has 2 aromatic rings. The van der Waals surface area contributed by atoms with Gasteiger partial charge in [-0.1, -0.05) is 0 Å². The van der Waals surface area contributed by atoms with Crippen molar-refractivity contribution in [2.45, 2.75) is 6.54 Å². The summed E-state index contributed by atoms with van der Waals surface area (Å²) in [4.78, 5) is 33.2. The molecule has 0 aliphatic heterocycles. The van der Waals surface area contributed by atoms with Crippen molar-refractivity contribution in [1.82, 2.24) is 9.78 Å². The van der Waals surface area contributed by atoms with Crippen LogP contribution in [0, 0.1) is 5.82 Å². The normalized spacial score (nSPS) is 10.9. The molecule has 0 radical (unpaired) electrons. The molecule has 0 unspecified atom stereocenters. The fourth-order valence-electron chi connectivity index (χ4n) is 1.79. The summed E-state index contributed by atoms with van der Waals surface area (Å²) in [5, 5.41) is 10.9. The van der Waals surface area contributed by atoms with E-state index in [1.165, 1.54) is 24.3 Å². The molecular formula is C14H11FN2O4. The summed E-state index contributed by atoms with van der Waals surface area (Å²) >= 11 is 0. The van der Waals surface area contributed by atoms with Gasteiger partial charge in [-0.3, -0.25) is 14.7 Å². The van der Waals surface area contributed by atoms with Crippen LogP contribution in [0.25, 0.3) is 6.08 Å². The molecule has 0 aliphatic rings. The zero-order valence-electron chi connectivity index (χ0n) is 10.7. The van der Waals surface area contributed by atoms with E-state index in [0.29, 0.717) is 11.1 Å². The van der Waals surface area contributed by atoms with Crippen molar-refractivity contribution in [2.24, 2.45) is 0 Å². The number of aromatic amines is 1. The van der Waals surface area contributed by atoms with Crippen molar-refractivity contribution in [3.8, 4) is 0 Å². The van der Waals surface area contributed by atoms with Crippen molar-refractivity contribution >= 4 is 12.0 Å². The van der Waals surface area contributed by atoms with Crippen LogP contribution in [0.1, 0.15) is 11.1 Å². The van der Waals surface area contributed by atoms with Crippen molar-refractivity contribution in [3.05, 3.63) is 74.1 Å². The first kappa shape index (κ1) is 14.4. The Morgan fingerprint density at radius 1 is 1.29 bits per heavy atom. The Labute approximate surface area is 117 Å². The number of halogens is 1. The predicted octanol–water partition coefficient (Wildman–Crippen LogP) is 0.822. The van der Waals surface area contributed by atoms with Crippen LogP contribution in [0.15, 0.2) is 46.0 Å². The first-order valence-corrected chi connectivity index (χ1v) is 5.95. The van der Waals surface area contributed by atoms with E-state index >= 15 is 0 Å². The van der Waals surface area contributed by atoms with Crippen molar-refractivity contribution in [3.63, 3.8) is 0 Å². The lowest BCUT2D eigenvalue weighted by atomic mass is 10.1. The van der Waals surface area contributed by atoms with E-state index in [4.69, 9.17) is 5.11 Å². The molecule has 0 amide bonds. The highest BCUT2D eigenvalue weighted by Crippen LogP contribution is 2.11. The fraction of sp³-hybridized carbons (Fsp3) is 0.0714. The molecule has 0 bridgehead atoms. The summed E-state index contributed by atoms with van der Waals surface area (Å²) in [5.41, 5.74) is -0.110. The van der Waals surface area contributed by atoms with E-state index in [9.17, 15) is 18.8 Å². The number of hydrogen-bond acceptors (Lipinski definition) is 3. The molecule has 0 aliphatic carbocycles. The number of carboxylic acid groups (broad SMARTS) is 1. The van der Waals surface area contributed by atoms with E-state index < -0.39 is 22.9 Å². The monoisotopic (exact) mass is 290 g/mol. The largest absolute Gasteiger partial charge is 0.478 e. The Morgan fingerprint density at radius 3 is 2.76 bits per heavy atom. The van der Waals surface area contributed by atoms with Crippen LogP contribution < -0.4 is 11.1 Å². The van der Waals surface area contributed by atoms with Gasteiger partial charge in [-0.15, -0.1) is 0 Å². The lowest BCUT2D eigenvalue weighted by Crippen LogP contribution is -2.28. The minimum atomic E-state index is -1.15. The second kappa shape index (κ2) is 6.00. The smallest absolute Gasteiger partial charge is 0.328 e. The Hall–Kier alpha value is -2.96. The number of nitrogens with zero attached hydrogens (tertiary/aromatic N) is 1. The number of aromatic nitrogens is 2. The molecule has 1 heterocycles. The summed E-state index contributed by atoms with van der Waals surface area (Å²) in [7, 11) is 0. The molecule has 108 valence electrons. The lowest BCUT2D eigenvalue weighted by Gasteiger charge is -2.06. The summed E-state index contributed by atoms with van der Waals surface area (Å²) in [6, 6.07) is 6.12. The van der Waals surface area contributed by atoms with E-state index in [0.717, 1.165) is 22.9 Å². The first-order chi connectivity index (χ1) is 9.94. The van der Waals surface area contributed by atoms with E-state index in [1.54, 1.807) is 0 Å². The average molecular weight is 290 g/mol. The first-order valence-electron chi connectivity index (χ1n) is 5.95. The van der Waals surface area contributed by atoms with Crippen LogP contribution in [0.5, 0.6) is 0 Å². The van der Waals surface area contributed by atoms with Crippen molar-refractivity contribution in [1.29, 1.82) is 0 Å². The van der Waals surface area contributed by atoms with Gasteiger partial charge in [0.05, 0.1) is 6.54 Å². The quantitative estimate of drug-likeness (QED) is 0.815. The number of hydrogen-bond donors (Lipinski definition) is 2. The Balaban J connectivity index is 2.36. The van der Waals surface area contributed by atoms with E-state index in [2.05, 4.69) is 5.10 Å². The number of aliphatic carboxylic acids is 1. The standard InChI is InChI=1S/C14H11FN2O4/c15-11-6-9(1-4-14(20)21)5-10(7-11)8-17-13(19)3-2-12(18)16-17/h1-7H,8H2,(H,16,18)(H,20,21). The van der Waals surface area contributed by atoms with Crippen LogP contribution in [-0.4, -0.2) is 20.9 Å². The van der Waals surface area contributed by atoms with Gasteiger partial charge in [-0.25, -0.2) is 13.9 Å². The molecule has 0 spiro atoms. The molecular weight excluding hydrogens is 279 g/mol. The number of benzene rings is 1. The summed E-state index contributed by atoms with van der Waals surface area (Å²) in [6.07, 6.45) is 2.13. The number of carbonyl (C=O) groups is 1. The lowest BCUT2D eigenvalue weighted by molar-refractivity contribution is -0.131. The van der Waals surface area contributed by atoms with E-state index in [1.807, 2.05) is 0 Å². The van der Waals surface area contributed by atoms with Crippen LogP contribution in [-0.2, 0) is 11.3 Å². The highest BCUT2D eigenvalue weighted by Gasteiger charge is 2.03. The molecule has 1 aromatic carbocycles. The highest BCUT2D eigenvalue weighted by atomic mass is 19.1. The summed E-state index contributed by atoms with van der Waals surface area (Å²) < 4.78 is 14.5. The van der Waals surface area contributed by atoms with Gasteiger partial charge in [0.2, 0.25) is 0 Å². The fourth-order valence-corrected chi connectivity index (χ4v) is 1.79. The van der Waals surface area contributed by atoms with Gasteiger partial charge in [0.15, 0.2) is 0 Å². The maximum atomic E-state index is 13.5. The summed E-state index contributed by atoms with van der Waals surface area (Å²) in [5.74, 6) is -1.71. The SMILES string of the molecule is O=C(O)C=Cc1cc(F)cc(Cn2[nH]c(=O)ccc2=O)c1. The maximum absolute atomic E-state index is 13.5. The minimum absolute atomic E-state index is 0.0272. The van der Waals surface area contributed by atoms with Crippen LogP contribution in [0.3, 0.4) is 0 Å². The zero-order chi connectivity index (χ0) is 15.4. The van der Waals surface area contributed by atoms with Gasteiger partial charge in [-0.05, 0) is 35.4 Å². The molecule has 6 nitrogen and oxygen atoms in total. The third kappa shape index (κ3) is 4.00. The number of carboxylic acids is 1. The van der Waals surface area contributed by atoms with Gasteiger partial charge in [0.25, 0.3) is 11.1 Å². The van der Waals surface area contributed by atoms with Crippen molar-refractivity contribution in [2.75, 3.05) is 0 Å². The summed E-state index contributed by atoms with van der Waals surface area (Å²) in [6.45, 7) is -0.0272. The Kier molecular flexibility index (Phi) is 4.13. The molecule has 0 saturated heterocycles. The number of H-pyrrole nitrogens is 1. The van der Waals surface area contributed by atoms with Gasteiger partial charge in [0.1, 0.15) is 5.82 Å². The zero-order valence-corrected chi connectivity index (χ0v) is 10.7. The van der Waals surface area contributed by atoms with Crippen LogP contribution in [0.4, 0.5) is 4.39 Å². The second-order valence-corrected chi connectivity index (χ2v) is 4.30. The van der Waals surface area contributed by atoms with Gasteiger partial charge < -0.3 is 5.11 Å². The van der Waals surface area contributed by atoms with E-state index in [-0.39, 0.29) is 6.54 Å². The molecule has 1 aromatic heterocycles. The highest BCUT2D eigenvalue weighted by molar-refractivity contribution is 5.85. The molecule has 2 rings (SSSR count).